The first-order chi connectivity index (χ1) is 10.3. The van der Waals surface area contributed by atoms with Crippen LogP contribution in [0.15, 0.2) is 18.2 Å². The van der Waals surface area contributed by atoms with E-state index in [1.54, 1.807) is 0 Å². The molecule has 22 heavy (non-hydrogen) atoms. The zero-order chi connectivity index (χ0) is 16.6. The molecule has 2 aromatic rings. The van der Waals surface area contributed by atoms with Crippen molar-refractivity contribution in [2.75, 3.05) is 7.11 Å². The van der Waals surface area contributed by atoms with Gasteiger partial charge in [0.25, 0.3) is 6.43 Å². The lowest BCUT2D eigenvalue weighted by Gasteiger charge is -2.12. The summed E-state index contributed by atoms with van der Waals surface area (Å²) in [4.78, 5) is 0. The second kappa shape index (κ2) is 5.86. The number of rotatable bonds is 3. The van der Waals surface area contributed by atoms with Gasteiger partial charge in [0.05, 0.1) is 18.2 Å². The summed E-state index contributed by atoms with van der Waals surface area (Å²) in [6.07, 6.45) is -3.06. The third-order valence-electron chi connectivity index (χ3n) is 2.96. The molecule has 0 radical (unpaired) electrons. The van der Waals surface area contributed by atoms with E-state index >= 15 is 0 Å². The van der Waals surface area contributed by atoms with Gasteiger partial charge in [-0.05, 0) is 17.7 Å². The van der Waals surface area contributed by atoms with Crippen LogP contribution in [-0.4, -0.2) is 7.11 Å². The maximum atomic E-state index is 13.7. The molecule has 0 spiro atoms. The topological polar surface area (TPSA) is 9.23 Å². The van der Waals surface area contributed by atoms with E-state index in [-0.39, 0.29) is 5.75 Å². The summed E-state index contributed by atoms with van der Waals surface area (Å²) < 4.78 is 97.0. The van der Waals surface area contributed by atoms with Gasteiger partial charge in [-0.3, -0.25) is 0 Å². The summed E-state index contributed by atoms with van der Waals surface area (Å²) >= 11 is 0. The molecule has 1 nitrogen and oxygen atoms in total. The first kappa shape index (κ1) is 16.1. The first-order valence-electron chi connectivity index (χ1n) is 5.77. The third kappa shape index (κ3) is 2.49. The summed E-state index contributed by atoms with van der Waals surface area (Å²) in [5, 5.41) is 0. The maximum absolute atomic E-state index is 13.7. The van der Waals surface area contributed by atoms with Gasteiger partial charge in [-0.25, -0.2) is 30.7 Å². The van der Waals surface area contributed by atoms with Crippen molar-refractivity contribution in [3.8, 4) is 16.9 Å². The number of hydrogen-bond acceptors (Lipinski definition) is 1. The fourth-order valence-corrected chi connectivity index (χ4v) is 1.92. The monoisotopic (exact) mass is 324 g/mol. The second-order valence-electron chi connectivity index (χ2n) is 4.20. The Labute approximate surface area is 119 Å². The molecule has 0 aromatic heterocycles. The highest BCUT2D eigenvalue weighted by atomic mass is 19.3. The van der Waals surface area contributed by atoms with Gasteiger partial charge in [-0.15, -0.1) is 0 Å². The summed E-state index contributed by atoms with van der Waals surface area (Å²) in [6.45, 7) is 0. The maximum Gasteiger partial charge on any atom is 0.267 e. The molecule has 118 valence electrons. The Kier molecular flexibility index (Phi) is 4.30. The highest BCUT2D eigenvalue weighted by molar-refractivity contribution is 5.67. The molecule has 0 atom stereocenters. The molecule has 0 aliphatic carbocycles. The smallest absolute Gasteiger partial charge is 0.267 e. The molecular formula is C14H7F7O. The Hall–Kier alpha value is -2.25. The lowest BCUT2D eigenvalue weighted by atomic mass is 10.0. The second-order valence-corrected chi connectivity index (χ2v) is 4.20. The highest BCUT2D eigenvalue weighted by Gasteiger charge is 2.27. The minimum atomic E-state index is -3.06. The summed E-state index contributed by atoms with van der Waals surface area (Å²) in [5.74, 6) is -11.1. The molecule has 0 bridgehead atoms. The van der Waals surface area contributed by atoms with Crippen molar-refractivity contribution in [1.29, 1.82) is 0 Å². The van der Waals surface area contributed by atoms with Crippen LogP contribution in [0.1, 0.15) is 12.0 Å². The Morgan fingerprint density at radius 3 is 1.77 bits per heavy atom. The van der Waals surface area contributed by atoms with Crippen molar-refractivity contribution in [3.63, 3.8) is 0 Å². The molecule has 0 unspecified atom stereocenters. The lowest BCUT2D eigenvalue weighted by Crippen LogP contribution is -2.04. The number of halogens is 7. The molecule has 0 N–H and O–H groups in total. The molecule has 2 rings (SSSR count). The summed E-state index contributed by atoms with van der Waals surface area (Å²) in [5.41, 5.74) is -2.59. The first-order valence-corrected chi connectivity index (χ1v) is 5.77. The Bertz CT molecular complexity index is 699. The van der Waals surface area contributed by atoms with Crippen LogP contribution in [0.2, 0.25) is 0 Å². The van der Waals surface area contributed by atoms with Gasteiger partial charge in [-0.2, -0.15) is 0 Å². The normalized spacial score (nSPS) is 11.1. The third-order valence-corrected chi connectivity index (χ3v) is 2.96. The lowest BCUT2D eigenvalue weighted by molar-refractivity contribution is 0.147. The van der Waals surface area contributed by atoms with E-state index in [2.05, 4.69) is 4.74 Å². The number of benzene rings is 2. The molecule has 0 fully saturated rings. The van der Waals surface area contributed by atoms with Gasteiger partial charge >= 0.3 is 0 Å². The van der Waals surface area contributed by atoms with E-state index in [9.17, 15) is 30.7 Å². The van der Waals surface area contributed by atoms with E-state index in [4.69, 9.17) is 0 Å². The fourth-order valence-electron chi connectivity index (χ4n) is 1.92. The minimum Gasteiger partial charge on any atom is -0.496 e. The summed E-state index contributed by atoms with van der Waals surface area (Å²) in [6, 6.07) is 2.49. The van der Waals surface area contributed by atoms with E-state index in [1.165, 1.54) is 0 Å². The fraction of sp³-hybridized carbons (Fsp3) is 0.143. The molecule has 0 saturated heterocycles. The Balaban J connectivity index is 2.75. The molecule has 0 heterocycles. The molecule has 0 saturated carbocycles. The molecule has 0 amide bonds. The summed E-state index contributed by atoms with van der Waals surface area (Å²) in [7, 11) is 1.10. The van der Waals surface area contributed by atoms with Crippen LogP contribution in [0.5, 0.6) is 5.75 Å². The van der Waals surface area contributed by atoms with Gasteiger partial charge in [-0.1, -0.05) is 6.07 Å². The number of methoxy groups -OCH3 is 1. The molecular weight excluding hydrogens is 317 g/mol. The standard InChI is InChI=1S/C14H7F7O/c1-22-7-3-2-5(4-6(7)14(20)21)8-9(15)11(17)13(19)12(18)10(8)16/h2-4,14H,1H3. The quantitative estimate of drug-likeness (QED) is 0.439. The van der Waals surface area contributed by atoms with Crippen LogP contribution in [0.4, 0.5) is 30.7 Å². The van der Waals surface area contributed by atoms with Gasteiger partial charge in [0.1, 0.15) is 5.75 Å². The number of hydrogen-bond donors (Lipinski definition) is 0. The predicted octanol–water partition coefficient (Wildman–Crippen LogP) is 5.00. The van der Waals surface area contributed by atoms with Crippen LogP contribution < -0.4 is 4.74 Å². The van der Waals surface area contributed by atoms with Crippen LogP contribution in [0, 0.1) is 29.1 Å². The average molecular weight is 324 g/mol. The van der Waals surface area contributed by atoms with Crippen LogP contribution in [0.25, 0.3) is 11.1 Å². The van der Waals surface area contributed by atoms with Crippen LogP contribution in [-0.2, 0) is 0 Å². The van der Waals surface area contributed by atoms with Crippen molar-refractivity contribution in [1.82, 2.24) is 0 Å². The van der Waals surface area contributed by atoms with E-state index in [0.29, 0.717) is 6.07 Å². The molecule has 2 aromatic carbocycles. The van der Waals surface area contributed by atoms with Crippen LogP contribution in [0.3, 0.4) is 0 Å². The van der Waals surface area contributed by atoms with Crippen LogP contribution >= 0.6 is 0 Å². The van der Waals surface area contributed by atoms with Gasteiger partial charge in [0, 0.05) is 0 Å². The van der Waals surface area contributed by atoms with E-state index in [1.807, 2.05) is 0 Å². The van der Waals surface area contributed by atoms with E-state index in [0.717, 1.165) is 19.2 Å². The van der Waals surface area contributed by atoms with E-state index < -0.39 is 52.2 Å². The Morgan fingerprint density at radius 2 is 1.32 bits per heavy atom. The van der Waals surface area contributed by atoms with Crippen molar-refractivity contribution >= 4 is 0 Å². The Morgan fingerprint density at radius 1 is 0.818 bits per heavy atom. The zero-order valence-corrected chi connectivity index (χ0v) is 10.9. The molecule has 8 heteroatoms. The number of alkyl halides is 2. The van der Waals surface area contributed by atoms with Gasteiger partial charge in [0.2, 0.25) is 5.82 Å². The minimum absolute atomic E-state index is 0.275. The van der Waals surface area contributed by atoms with Gasteiger partial charge in [0.15, 0.2) is 23.3 Å². The number of ether oxygens (including phenoxy) is 1. The zero-order valence-electron chi connectivity index (χ0n) is 10.9. The predicted molar refractivity (Wildman–Crippen MR) is 63.2 cm³/mol. The largest absolute Gasteiger partial charge is 0.496 e. The van der Waals surface area contributed by atoms with Crippen molar-refractivity contribution in [3.05, 3.63) is 52.8 Å². The highest BCUT2D eigenvalue weighted by Crippen LogP contribution is 2.36. The van der Waals surface area contributed by atoms with Crippen molar-refractivity contribution in [2.45, 2.75) is 6.43 Å². The molecule has 0 aliphatic heterocycles. The average Bonchev–Trinajstić information content (AvgIpc) is 2.51. The van der Waals surface area contributed by atoms with Gasteiger partial charge < -0.3 is 4.74 Å². The SMILES string of the molecule is COc1ccc(-c2c(F)c(F)c(F)c(F)c2F)cc1C(F)F. The van der Waals surface area contributed by atoms with Crippen molar-refractivity contribution in [2.24, 2.45) is 0 Å². The molecule has 0 aliphatic rings. The van der Waals surface area contributed by atoms with Crippen molar-refractivity contribution < 1.29 is 35.5 Å².